The highest BCUT2D eigenvalue weighted by Crippen LogP contribution is 2.15. The van der Waals surface area contributed by atoms with Crippen LogP contribution in [0.25, 0.3) is 0 Å². The normalized spacial score (nSPS) is 12.1. The number of carbonyl (C=O) groups is 1. The Hall–Kier alpha value is -3.06. The monoisotopic (exact) mass is 305 g/mol. The number of benzene rings is 2. The van der Waals surface area contributed by atoms with Gasteiger partial charge in [0, 0.05) is 17.9 Å². The molecule has 0 heterocycles. The van der Waals surface area contributed by atoms with E-state index in [1.54, 1.807) is 0 Å². The lowest BCUT2D eigenvalue weighted by Gasteiger charge is -2.13. The first-order chi connectivity index (χ1) is 11.1. The van der Waals surface area contributed by atoms with Crippen molar-refractivity contribution in [2.24, 2.45) is 0 Å². The van der Waals surface area contributed by atoms with Gasteiger partial charge in [-0.05, 0) is 31.0 Å². The zero-order valence-electron chi connectivity index (χ0n) is 13.2. The van der Waals surface area contributed by atoms with Gasteiger partial charge in [-0.25, -0.2) is 0 Å². The van der Waals surface area contributed by atoms with Crippen LogP contribution in [-0.2, 0) is 4.79 Å². The van der Waals surface area contributed by atoms with Gasteiger partial charge in [0.1, 0.15) is 11.6 Å². The van der Waals surface area contributed by atoms with Crippen LogP contribution in [0.15, 0.2) is 66.4 Å². The number of nitrogens with zero attached hydrogens (tertiary/aromatic N) is 1. The highest BCUT2D eigenvalue weighted by atomic mass is 16.1. The summed E-state index contributed by atoms with van der Waals surface area (Å²) in [7, 11) is 0. The summed E-state index contributed by atoms with van der Waals surface area (Å²) in [5.41, 5.74) is 2.77. The third kappa shape index (κ3) is 4.45. The SMILES string of the molecule is Cc1ccccc1NC(=O)/C(C#N)=C\NC(C)c1ccccc1. The molecule has 23 heavy (non-hydrogen) atoms. The van der Waals surface area contributed by atoms with Crippen LogP contribution in [0.2, 0.25) is 0 Å². The lowest BCUT2D eigenvalue weighted by Crippen LogP contribution is -2.18. The zero-order chi connectivity index (χ0) is 16.7. The minimum Gasteiger partial charge on any atom is -0.383 e. The molecular formula is C19H19N3O. The van der Waals surface area contributed by atoms with Crippen LogP contribution < -0.4 is 10.6 Å². The van der Waals surface area contributed by atoms with Crippen LogP contribution in [0.1, 0.15) is 24.1 Å². The molecule has 0 radical (unpaired) electrons. The largest absolute Gasteiger partial charge is 0.383 e. The Kier molecular flexibility index (Phi) is 5.54. The van der Waals surface area contributed by atoms with Crippen molar-refractivity contribution in [2.45, 2.75) is 19.9 Å². The van der Waals surface area contributed by atoms with E-state index in [0.717, 1.165) is 11.1 Å². The molecule has 0 aromatic heterocycles. The fourth-order valence-corrected chi connectivity index (χ4v) is 2.10. The van der Waals surface area contributed by atoms with Crippen molar-refractivity contribution in [3.8, 4) is 6.07 Å². The van der Waals surface area contributed by atoms with Gasteiger partial charge < -0.3 is 10.6 Å². The van der Waals surface area contributed by atoms with E-state index in [-0.39, 0.29) is 11.6 Å². The van der Waals surface area contributed by atoms with Crippen molar-refractivity contribution in [3.63, 3.8) is 0 Å². The van der Waals surface area contributed by atoms with Crippen molar-refractivity contribution in [1.29, 1.82) is 5.26 Å². The number of para-hydroxylation sites is 1. The highest BCUT2D eigenvalue weighted by molar-refractivity contribution is 6.06. The molecule has 1 unspecified atom stereocenters. The molecule has 4 heteroatoms. The second-order valence-corrected chi connectivity index (χ2v) is 5.24. The molecule has 1 atom stereocenters. The molecule has 0 bridgehead atoms. The molecule has 0 saturated heterocycles. The molecular weight excluding hydrogens is 286 g/mol. The predicted octanol–water partition coefficient (Wildman–Crippen LogP) is 3.69. The first-order valence-electron chi connectivity index (χ1n) is 7.40. The molecule has 2 aromatic rings. The number of aryl methyl sites for hydroxylation is 1. The second-order valence-electron chi connectivity index (χ2n) is 5.24. The number of amides is 1. The third-order valence-electron chi connectivity index (χ3n) is 3.54. The van der Waals surface area contributed by atoms with E-state index >= 15 is 0 Å². The molecule has 1 amide bonds. The van der Waals surface area contributed by atoms with E-state index in [2.05, 4.69) is 10.6 Å². The predicted molar refractivity (Wildman–Crippen MR) is 91.5 cm³/mol. The molecule has 0 fully saturated rings. The summed E-state index contributed by atoms with van der Waals surface area (Å²) in [6.45, 7) is 3.88. The van der Waals surface area contributed by atoms with Gasteiger partial charge >= 0.3 is 0 Å². The Morgan fingerprint density at radius 3 is 2.43 bits per heavy atom. The molecule has 0 saturated carbocycles. The lowest BCUT2D eigenvalue weighted by molar-refractivity contribution is -0.112. The molecule has 0 aliphatic heterocycles. The van der Waals surface area contributed by atoms with Crippen molar-refractivity contribution in [3.05, 3.63) is 77.5 Å². The number of hydrogen-bond donors (Lipinski definition) is 2. The van der Waals surface area contributed by atoms with Crippen LogP contribution >= 0.6 is 0 Å². The zero-order valence-corrected chi connectivity index (χ0v) is 13.2. The minimum atomic E-state index is -0.422. The number of rotatable bonds is 5. The molecule has 0 aliphatic rings. The van der Waals surface area contributed by atoms with Crippen LogP contribution in [-0.4, -0.2) is 5.91 Å². The van der Waals surface area contributed by atoms with Gasteiger partial charge in [-0.15, -0.1) is 0 Å². The fourth-order valence-electron chi connectivity index (χ4n) is 2.10. The summed E-state index contributed by atoms with van der Waals surface area (Å²) >= 11 is 0. The summed E-state index contributed by atoms with van der Waals surface area (Å²) in [5, 5.41) is 15.0. The summed E-state index contributed by atoms with van der Waals surface area (Å²) in [4.78, 5) is 12.2. The van der Waals surface area contributed by atoms with Gasteiger partial charge in [0.25, 0.3) is 5.91 Å². The smallest absolute Gasteiger partial charge is 0.267 e. The van der Waals surface area contributed by atoms with E-state index in [9.17, 15) is 10.1 Å². The van der Waals surface area contributed by atoms with Gasteiger partial charge in [-0.1, -0.05) is 48.5 Å². The van der Waals surface area contributed by atoms with Gasteiger partial charge in [0.15, 0.2) is 0 Å². The van der Waals surface area contributed by atoms with Crippen molar-refractivity contribution >= 4 is 11.6 Å². The molecule has 0 spiro atoms. The molecule has 116 valence electrons. The van der Waals surface area contributed by atoms with Gasteiger partial charge in [0.05, 0.1) is 0 Å². The highest BCUT2D eigenvalue weighted by Gasteiger charge is 2.11. The molecule has 0 aliphatic carbocycles. The van der Waals surface area contributed by atoms with E-state index in [4.69, 9.17) is 0 Å². The summed E-state index contributed by atoms with van der Waals surface area (Å²) < 4.78 is 0. The number of anilines is 1. The quantitative estimate of drug-likeness (QED) is 0.654. The lowest BCUT2D eigenvalue weighted by atomic mass is 10.1. The summed E-state index contributed by atoms with van der Waals surface area (Å²) in [5.74, 6) is -0.422. The average molecular weight is 305 g/mol. The third-order valence-corrected chi connectivity index (χ3v) is 3.54. The molecule has 4 nitrogen and oxygen atoms in total. The maximum absolute atomic E-state index is 12.2. The Bertz CT molecular complexity index is 745. The Morgan fingerprint density at radius 1 is 1.13 bits per heavy atom. The maximum Gasteiger partial charge on any atom is 0.267 e. The minimum absolute atomic E-state index is 0.00538. The van der Waals surface area contributed by atoms with Crippen molar-refractivity contribution < 1.29 is 4.79 Å². The molecule has 2 aromatic carbocycles. The number of nitriles is 1. The van der Waals surface area contributed by atoms with Crippen LogP contribution in [0.5, 0.6) is 0 Å². The van der Waals surface area contributed by atoms with Gasteiger partial charge in [-0.2, -0.15) is 5.26 Å². The van der Waals surface area contributed by atoms with Crippen LogP contribution in [0, 0.1) is 18.3 Å². The van der Waals surface area contributed by atoms with Crippen molar-refractivity contribution in [2.75, 3.05) is 5.32 Å². The molecule has 2 rings (SSSR count). The average Bonchev–Trinajstić information content (AvgIpc) is 2.58. The Balaban J connectivity index is 2.05. The van der Waals surface area contributed by atoms with Crippen LogP contribution in [0.4, 0.5) is 5.69 Å². The number of carbonyl (C=O) groups excluding carboxylic acids is 1. The Labute approximate surface area is 136 Å². The second kappa shape index (κ2) is 7.81. The Morgan fingerprint density at radius 2 is 1.78 bits per heavy atom. The number of hydrogen-bond acceptors (Lipinski definition) is 3. The summed E-state index contributed by atoms with van der Waals surface area (Å²) in [6.07, 6.45) is 1.46. The van der Waals surface area contributed by atoms with E-state index in [1.807, 2.05) is 74.5 Å². The standard InChI is InChI=1S/C19H19N3O/c1-14-8-6-7-11-18(14)22-19(23)17(12-20)13-21-15(2)16-9-4-3-5-10-16/h3-11,13,15,21H,1-2H3,(H,22,23)/b17-13-. The maximum atomic E-state index is 12.2. The van der Waals surface area contributed by atoms with E-state index in [0.29, 0.717) is 5.69 Å². The van der Waals surface area contributed by atoms with Gasteiger partial charge in [-0.3, -0.25) is 4.79 Å². The first-order valence-corrected chi connectivity index (χ1v) is 7.40. The number of nitrogens with one attached hydrogen (secondary N) is 2. The van der Waals surface area contributed by atoms with Crippen LogP contribution in [0.3, 0.4) is 0 Å². The van der Waals surface area contributed by atoms with E-state index < -0.39 is 5.91 Å². The first kappa shape index (κ1) is 16.3. The van der Waals surface area contributed by atoms with Gasteiger partial charge in [0.2, 0.25) is 0 Å². The molecule has 2 N–H and O–H groups in total. The topological polar surface area (TPSA) is 64.9 Å². The summed E-state index contributed by atoms with van der Waals surface area (Å²) in [6, 6.07) is 19.2. The van der Waals surface area contributed by atoms with E-state index in [1.165, 1.54) is 6.20 Å². The fraction of sp³-hybridized carbons (Fsp3) is 0.158. The van der Waals surface area contributed by atoms with Crippen molar-refractivity contribution in [1.82, 2.24) is 5.32 Å².